The van der Waals surface area contributed by atoms with Crippen molar-refractivity contribution in [3.8, 4) is 0 Å². The molecule has 0 amide bonds. The Kier molecular flexibility index (Phi) is 5.57. The van der Waals surface area contributed by atoms with Crippen molar-refractivity contribution in [3.05, 3.63) is 22.3 Å². The first-order valence-electron chi connectivity index (χ1n) is 6.58. The first kappa shape index (κ1) is 14.7. The van der Waals surface area contributed by atoms with Crippen LogP contribution in [0.5, 0.6) is 0 Å². The molecule has 0 aromatic carbocycles. The van der Waals surface area contributed by atoms with E-state index in [0.29, 0.717) is 0 Å². The summed E-state index contributed by atoms with van der Waals surface area (Å²) in [6.45, 7) is 4.67. The first-order chi connectivity index (χ1) is 9.24. The van der Waals surface area contributed by atoms with Gasteiger partial charge in [0.1, 0.15) is 5.82 Å². The van der Waals surface area contributed by atoms with Gasteiger partial charge in [0.05, 0.1) is 13.2 Å². The highest BCUT2D eigenvalue weighted by atomic mass is 79.9. The van der Waals surface area contributed by atoms with Crippen LogP contribution in [-0.2, 0) is 6.61 Å². The molecule has 1 aromatic rings. The molecule has 1 fully saturated rings. The van der Waals surface area contributed by atoms with Crippen molar-refractivity contribution in [3.63, 3.8) is 0 Å². The van der Waals surface area contributed by atoms with Crippen LogP contribution in [0.2, 0.25) is 0 Å². The van der Waals surface area contributed by atoms with Crippen LogP contribution < -0.4 is 4.90 Å². The molecule has 2 rings (SSSR count). The molecule has 6 heteroatoms. The Morgan fingerprint density at radius 3 is 2.79 bits per heavy atom. The monoisotopic (exact) mass is 329 g/mol. The van der Waals surface area contributed by atoms with Crippen molar-refractivity contribution in [2.24, 2.45) is 0 Å². The summed E-state index contributed by atoms with van der Waals surface area (Å²) in [7, 11) is 0. The average molecular weight is 330 g/mol. The fourth-order valence-electron chi connectivity index (χ4n) is 2.42. The molecule has 2 heterocycles. The molecule has 106 valence electrons. The second-order valence-electron chi connectivity index (χ2n) is 4.70. The molecule has 1 aromatic heterocycles. The summed E-state index contributed by atoms with van der Waals surface area (Å²) in [5, 5.41) is 18.4. The van der Waals surface area contributed by atoms with Gasteiger partial charge in [0.2, 0.25) is 0 Å². The standard InChI is InChI=1S/C13H20BrN3O2/c14-12-8-11(10-19)13(15-9-12)17-3-1-2-16(4-5-17)6-7-18/h8-9,18-19H,1-7,10H2. The minimum Gasteiger partial charge on any atom is -0.395 e. The highest BCUT2D eigenvalue weighted by molar-refractivity contribution is 9.10. The van der Waals surface area contributed by atoms with Gasteiger partial charge in [-0.25, -0.2) is 4.98 Å². The summed E-state index contributed by atoms with van der Waals surface area (Å²) in [4.78, 5) is 8.92. The Balaban J connectivity index is 2.09. The zero-order chi connectivity index (χ0) is 13.7. The summed E-state index contributed by atoms with van der Waals surface area (Å²) in [6.07, 6.45) is 2.81. The molecule has 0 atom stereocenters. The smallest absolute Gasteiger partial charge is 0.134 e. The fourth-order valence-corrected chi connectivity index (χ4v) is 2.80. The molecule has 1 saturated heterocycles. The molecular formula is C13H20BrN3O2. The minimum atomic E-state index is -0.00136. The lowest BCUT2D eigenvalue weighted by Gasteiger charge is -2.24. The van der Waals surface area contributed by atoms with Gasteiger partial charge in [-0.2, -0.15) is 0 Å². The number of rotatable bonds is 4. The molecule has 1 aliphatic heterocycles. The van der Waals surface area contributed by atoms with Gasteiger partial charge in [-0.15, -0.1) is 0 Å². The Morgan fingerprint density at radius 2 is 2.05 bits per heavy atom. The molecule has 0 radical (unpaired) electrons. The van der Waals surface area contributed by atoms with Crippen LogP contribution in [-0.4, -0.2) is 59.4 Å². The van der Waals surface area contributed by atoms with E-state index >= 15 is 0 Å². The molecule has 2 N–H and O–H groups in total. The van der Waals surface area contributed by atoms with Crippen LogP contribution in [0.25, 0.3) is 0 Å². The van der Waals surface area contributed by atoms with Crippen molar-refractivity contribution in [2.75, 3.05) is 44.2 Å². The number of hydrogen-bond acceptors (Lipinski definition) is 5. The summed E-state index contributed by atoms with van der Waals surface area (Å²) >= 11 is 3.38. The van der Waals surface area contributed by atoms with Crippen LogP contribution in [0.3, 0.4) is 0 Å². The number of β-amino-alcohol motifs (C(OH)–C–C–N with tert-alkyl or cyclic N) is 1. The van der Waals surface area contributed by atoms with E-state index in [0.717, 1.165) is 55.0 Å². The molecular weight excluding hydrogens is 310 g/mol. The van der Waals surface area contributed by atoms with E-state index in [9.17, 15) is 5.11 Å². The summed E-state index contributed by atoms with van der Waals surface area (Å²) in [5.41, 5.74) is 0.852. The largest absolute Gasteiger partial charge is 0.395 e. The van der Waals surface area contributed by atoms with Gasteiger partial charge in [0.25, 0.3) is 0 Å². The van der Waals surface area contributed by atoms with E-state index in [2.05, 4.69) is 30.7 Å². The predicted octanol–water partition coefficient (Wildman–Crippen LogP) is 0.841. The minimum absolute atomic E-state index is 0.00136. The molecule has 19 heavy (non-hydrogen) atoms. The number of aliphatic hydroxyl groups excluding tert-OH is 2. The van der Waals surface area contributed by atoms with Crippen molar-refractivity contribution in [2.45, 2.75) is 13.0 Å². The van der Waals surface area contributed by atoms with Gasteiger partial charge in [0, 0.05) is 42.4 Å². The Morgan fingerprint density at radius 1 is 1.21 bits per heavy atom. The maximum absolute atomic E-state index is 9.45. The van der Waals surface area contributed by atoms with E-state index in [1.807, 2.05) is 6.07 Å². The van der Waals surface area contributed by atoms with Crippen LogP contribution >= 0.6 is 15.9 Å². The first-order valence-corrected chi connectivity index (χ1v) is 7.37. The van der Waals surface area contributed by atoms with Crippen molar-refractivity contribution in [1.29, 1.82) is 0 Å². The Labute approximate surface area is 122 Å². The lowest BCUT2D eigenvalue weighted by atomic mass is 10.2. The third-order valence-corrected chi connectivity index (χ3v) is 3.82. The van der Waals surface area contributed by atoms with Crippen molar-refractivity contribution in [1.82, 2.24) is 9.88 Å². The zero-order valence-electron chi connectivity index (χ0n) is 10.9. The van der Waals surface area contributed by atoms with Gasteiger partial charge in [0.15, 0.2) is 0 Å². The van der Waals surface area contributed by atoms with Crippen LogP contribution in [0, 0.1) is 0 Å². The highest BCUT2D eigenvalue weighted by Gasteiger charge is 2.18. The van der Waals surface area contributed by atoms with E-state index in [4.69, 9.17) is 5.11 Å². The average Bonchev–Trinajstić information content (AvgIpc) is 2.65. The number of hydrogen-bond donors (Lipinski definition) is 2. The SMILES string of the molecule is OCCN1CCCN(c2ncc(Br)cc2CO)CC1. The Hall–Kier alpha value is -0.690. The number of nitrogens with zero attached hydrogens (tertiary/aromatic N) is 3. The molecule has 0 unspecified atom stereocenters. The summed E-state index contributed by atoms with van der Waals surface area (Å²) in [5.74, 6) is 0.872. The number of aliphatic hydroxyl groups is 2. The maximum atomic E-state index is 9.45. The van der Waals surface area contributed by atoms with Gasteiger partial charge in [-0.3, -0.25) is 4.90 Å². The number of halogens is 1. The van der Waals surface area contributed by atoms with E-state index in [1.54, 1.807) is 6.20 Å². The quantitative estimate of drug-likeness (QED) is 0.857. The maximum Gasteiger partial charge on any atom is 0.134 e. The molecule has 0 spiro atoms. The van der Waals surface area contributed by atoms with Crippen LogP contribution in [0.15, 0.2) is 16.7 Å². The zero-order valence-corrected chi connectivity index (χ0v) is 12.5. The van der Waals surface area contributed by atoms with Crippen LogP contribution in [0.4, 0.5) is 5.82 Å². The molecule has 1 aliphatic rings. The van der Waals surface area contributed by atoms with Gasteiger partial charge in [-0.1, -0.05) is 0 Å². The lowest BCUT2D eigenvalue weighted by Crippen LogP contribution is -2.33. The third kappa shape index (κ3) is 3.89. The molecule has 0 saturated carbocycles. The predicted molar refractivity (Wildman–Crippen MR) is 78.2 cm³/mol. The second-order valence-corrected chi connectivity index (χ2v) is 5.62. The molecule has 0 aliphatic carbocycles. The van der Waals surface area contributed by atoms with Gasteiger partial charge >= 0.3 is 0 Å². The topological polar surface area (TPSA) is 59.8 Å². The van der Waals surface area contributed by atoms with Crippen molar-refractivity contribution < 1.29 is 10.2 Å². The normalized spacial score (nSPS) is 17.5. The number of pyridine rings is 1. The van der Waals surface area contributed by atoms with Gasteiger partial charge in [-0.05, 0) is 35.0 Å². The summed E-state index contributed by atoms with van der Waals surface area (Å²) in [6, 6.07) is 1.92. The van der Waals surface area contributed by atoms with E-state index in [-0.39, 0.29) is 13.2 Å². The third-order valence-electron chi connectivity index (χ3n) is 3.38. The van der Waals surface area contributed by atoms with Crippen molar-refractivity contribution >= 4 is 21.7 Å². The number of anilines is 1. The lowest BCUT2D eigenvalue weighted by molar-refractivity contribution is 0.204. The number of aromatic nitrogens is 1. The highest BCUT2D eigenvalue weighted by Crippen LogP contribution is 2.22. The van der Waals surface area contributed by atoms with Gasteiger partial charge < -0.3 is 15.1 Å². The van der Waals surface area contributed by atoms with E-state index in [1.165, 1.54) is 0 Å². The molecule has 0 bridgehead atoms. The van der Waals surface area contributed by atoms with Crippen LogP contribution in [0.1, 0.15) is 12.0 Å². The fraction of sp³-hybridized carbons (Fsp3) is 0.615. The summed E-state index contributed by atoms with van der Waals surface area (Å²) < 4.78 is 0.886. The Bertz CT molecular complexity index is 417. The second kappa shape index (κ2) is 7.19. The molecule has 5 nitrogen and oxygen atoms in total. The van der Waals surface area contributed by atoms with E-state index < -0.39 is 0 Å².